The van der Waals surface area contributed by atoms with Crippen molar-refractivity contribution in [3.63, 3.8) is 0 Å². The molecule has 2 atom stereocenters. The lowest BCUT2D eigenvalue weighted by Crippen LogP contribution is -2.12. The number of methoxy groups -OCH3 is 1. The number of hydrogen-bond acceptors (Lipinski definition) is 5. The van der Waals surface area contributed by atoms with E-state index < -0.39 is 0 Å². The van der Waals surface area contributed by atoms with Crippen molar-refractivity contribution in [2.45, 2.75) is 26.0 Å². The van der Waals surface area contributed by atoms with Gasteiger partial charge in [-0.15, -0.1) is 10.2 Å². The number of nitrogens with one attached hydrogen (secondary N) is 1. The third-order valence-electron chi connectivity index (χ3n) is 1.96. The third kappa shape index (κ3) is 2.26. The van der Waals surface area contributed by atoms with E-state index in [1.54, 1.807) is 7.11 Å². The van der Waals surface area contributed by atoms with Crippen LogP contribution in [0.1, 0.15) is 37.8 Å². The number of nitrogens with zero attached hydrogens (tertiary/aromatic N) is 2. The molecule has 1 rings (SSSR count). The Morgan fingerprint density at radius 2 is 1.92 bits per heavy atom. The van der Waals surface area contributed by atoms with Gasteiger partial charge in [-0.3, -0.25) is 0 Å². The van der Waals surface area contributed by atoms with Gasteiger partial charge >= 0.3 is 0 Å². The van der Waals surface area contributed by atoms with E-state index in [9.17, 15) is 0 Å². The molecule has 0 aliphatic heterocycles. The highest BCUT2D eigenvalue weighted by Crippen LogP contribution is 2.16. The third-order valence-corrected chi connectivity index (χ3v) is 1.96. The zero-order chi connectivity index (χ0) is 9.84. The second-order valence-electron chi connectivity index (χ2n) is 2.87. The van der Waals surface area contributed by atoms with Crippen LogP contribution in [0, 0.1) is 0 Å². The van der Waals surface area contributed by atoms with E-state index in [0.29, 0.717) is 11.8 Å². The molecule has 0 radical (unpaired) electrons. The molecule has 0 spiro atoms. The highest BCUT2D eigenvalue weighted by molar-refractivity contribution is 4.89. The van der Waals surface area contributed by atoms with Gasteiger partial charge in [-0.05, 0) is 20.9 Å². The number of rotatable bonds is 4. The SMILES string of the molecule is CNC(C)c1nnc(C(C)OC)o1. The van der Waals surface area contributed by atoms with Crippen LogP contribution in [0.4, 0.5) is 0 Å². The van der Waals surface area contributed by atoms with Gasteiger partial charge in [0.1, 0.15) is 6.10 Å². The van der Waals surface area contributed by atoms with E-state index in [-0.39, 0.29) is 12.1 Å². The van der Waals surface area contributed by atoms with Crippen molar-refractivity contribution in [3.8, 4) is 0 Å². The van der Waals surface area contributed by atoms with Gasteiger partial charge in [0.15, 0.2) is 0 Å². The fraction of sp³-hybridized carbons (Fsp3) is 0.750. The molecule has 5 heteroatoms. The predicted octanol–water partition coefficient (Wildman–Crippen LogP) is 1.06. The lowest BCUT2D eigenvalue weighted by molar-refractivity contribution is 0.0930. The van der Waals surface area contributed by atoms with Gasteiger partial charge < -0.3 is 14.5 Å². The van der Waals surface area contributed by atoms with Crippen molar-refractivity contribution in [2.24, 2.45) is 0 Å². The second kappa shape index (κ2) is 4.34. The van der Waals surface area contributed by atoms with Crippen LogP contribution < -0.4 is 5.32 Å². The Morgan fingerprint density at radius 3 is 2.46 bits per heavy atom. The number of hydrogen-bond donors (Lipinski definition) is 1. The summed E-state index contributed by atoms with van der Waals surface area (Å²) in [4.78, 5) is 0. The van der Waals surface area contributed by atoms with E-state index in [0.717, 1.165) is 0 Å². The summed E-state index contributed by atoms with van der Waals surface area (Å²) in [6, 6.07) is 0.0744. The summed E-state index contributed by atoms with van der Waals surface area (Å²) in [6.07, 6.45) is -0.148. The highest BCUT2D eigenvalue weighted by atomic mass is 16.5. The van der Waals surface area contributed by atoms with Crippen LogP contribution in [0.5, 0.6) is 0 Å². The fourth-order valence-electron chi connectivity index (χ4n) is 0.810. The van der Waals surface area contributed by atoms with Crippen LogP contribution in [0.3, 0.4) is 0 Å². The molecule has 0 aliphatic rings. The van der Waals surface area contributed by atoms with Gasteiger partial charge in [0, 0.05) is 7.11 Å². The van der Waals surface area contributed by atoms with Crippen molar-refractivity contribution in [3.05, 3.63) is 11.8 Å². The largest absolute Gasteiger partial charge is 0.421 e. The molecule has 5 nitrogen and oxygen atoms in total. The van der Waals surface area contributed by atoms with Gasteiger partial charge in [-0.1, -0.05) is 0 Å². The van der Waals surface area contributed by atoms with Crippen LogP contribution in [-0.2, 0) is 4.74 Å². The van der Waals surface area contributed by atoms with E-state index in [4.69, 9.17) is 9.15 Å². The first-order chi connectivity index (χ1) is 6.19. The molecule has 0 saturated carbocycles. The molecule has 0 aromatic carbocycles. The van der Waals surface area contributed by atoms with Gasteiger partial charge in [0.2, 0.25) is 11.8 Å². The standard InChI is InChI=1S/C8H15N3O2/c1-5(9-3)7-10-11-8(13-7)6(2)12-4/h5-6,9H,1-4H3. The molecular formula is C8H15N3O2. The van der Waals surface area contributed by atoms with E-state index in [2.05, 4.69) is 15.5 Å². The van der Waals surface area contributed by atoms with E-state index in [1.165, 1.54) is 0 Å². The van der Waals surface area contributed by atoms with Gasteiger partial charge in [0.25, 0.3) is 0 Å². The minimum atomic E-state index is -0.148. The van der Waals surface area contributed by atoms with Crippen LogP contribution in [0.15, 0.2) is 4.42 Å². The molecule has 0 bridgehead atoms. The fourth-order valence-corrected chi connectivity index (χ4v) is 0.810. The molecule has 0 amide bonds. The molecule has 0 aliphatic carbocycles. The molecule has 2 unspecified atom stereocenters. The Balaban J connectivity index is 2.74. The first kappa shape index (κ1) is 10.1. The molecule has 1 heterocycles. The zero-order valence-electron chi connectivity index (χ0n) is 8.37. The topological polar surface area (TPSA) is 60.2 Å². The van der Waals surface area contributed by atoms with Crippen molar-refractivity contribution in [2.75, 3.05) is 14.2 Å². The van der Waals surface area contributed by atoms with Crippen molar-refractivity contribution >= 4 is 0 Å². The quantitative estimate of drug-likeness (QED) is 0.760. The minimum absolute atomic E-state index is 0.0744. The Labute approximate surface area is 77.5 Å². The Hall–Kier alpha value is -0.940. The smallest absolute Gasteiger partial charge is 0.244 e. The molecule has 74 valence electrons. The summed E-state index contributed by atoms with van der Waals surface area (Å²) in [5, 5.41) is 10.8. The zero-order valence-corrected chi connectivity index (χ0v) is 8.37. The van der Waals surface area contributed by atoms with Crippen molar-refractivity contribution in [1.82, 2.24) is 15.5 Å². The number of aromatic nitrogens is 2. The summed E-state index contributed by atoms with van der Waals surface area (Å²) in [5.74, 6) is 1.10. The van der Waals surface area contributed by atoms with Crippen molar-refractivity contribution in [1.29, 1.82) is 0 Å². The van der Waals surface area contributed by atoms with Gasteiger partial charge in [-0.25, -0.2) is 0 Å². The average Bonchev–Trinajstić information content (AvgIpc) is 2.64. The normalized spacial score (nSPS) is 15.7. The molecule has 1 aromatic heterocycles. The van der Waals surface area contributed by atoms with Crippen LogP contribution in [0.2, 0.25) is 0 Å². The summed E-state index contributed by atoms with van der Waals surface area (Å²) < 4.78 is 10.4. The first-order valence-electron chi connectivity index (χ1n) is 4.22. The average molecular weight is 185 g/mol. The second-order valence-corrected chi connectivity index (χ2v) is 2.87. The number of ether oxygens (including phenoxy) is 1. The first-order valence-corrected chi connectivity index (χ1v) is 4.22. The highest BCUT2D eigenvalue weighted by Gasteiger charge is 2.15. The Kier molecular flexibility index (Phi) is 3.39. The molecule has 0 saturated heterocycles. The lowest BCUT2D eigenvalue weighted by atomic mass is 10.3. The monoisotopic (exact) mass is 185 g/mol. The molecule has 1 aromatic rings. The van der Waals surface area contributed by atoms with Crippen molar-refractivity contribution < 1.29 is 9.15 Å². The van der Waals surface area contributed by atoms with Crippen LogP contribution in [0.25, 0.3) is 0 Å². The molecular weight excluding hydrogens is 170 g/mol. The maximum atomic E-state index is 5.38. The van der Waals surface area contributed by atoms with Gasteiger partial charge in [-0.2, -0.15) is 0 Å². The van der Waals surface area contributed by atoms with Gasteiger partial charge in [0.05, 0.1) is 6.04 Å². The lowest BCUT2D eigenvalue weighted by Gasteiger charge is -2.04. The van der Waals surface area contributed by atoms with E-state index in [1.807, 2.05) is 20.9 Å². The summed E-state index contributed by atoms with van der Waals surface area (Å²) in [7, 11) is 3.45. The van der Waals surface area contributed by atoms with Crippen LogP contribution in [-0.4, -0.2) is 24.4 Å². The van der Waals surface area contributed by atoms with E-state index >= 15 is 0 Å². The maximum absolute atomic E-state index is 5.38. The van der Waals surface area contributed by atoms with Crippen LogP contribution >= 0.6 is 0 Å². The minimum Gasteiger partial charge on any atom is -0.421 e. The molecule has 1 N–H and O–H groups in total. The summed E-state index contributed by atoms with van der Waals surface area (Å²) in [6.45, 7) is 3.82. The molecule has 13 heavy (non-hydrogen) atoms. The summed E-state index contributed by atoms with van der Waals surface area (Å²) >= 11 is 0. The Bertz CT molecular complexity index is 237. The Morgan fingerprint density at radius 1 is 1.31 bits per heavy atom. The predicted molar refractivity (Wildman–Crippen MR) is 47.2 cm³/mol. The summed E-state index contributed by atoms with van der Waals surface area (Å²) in [5.41, 5.74) is 0. The molecule has 0 fully saturated rings. The maximum Gasteiger partial charge on any atom is 0.244 e.